The van der Waals surface area contributed by atoms with Crippen LogP contribution in [0, 0.1) is 0 Å². The third-order valence-electron chi connectivity index (χ3n) is 7.41. The van der Waals surface area contributed by atoms with E-state index in [1.165, 1.54) is 0 Å². The maximum absolute atomic E-state index is 7.15. The van der Waals surface area contributed by atoms with Crippen molar-refractivity contribution < 1.29 is 13.9 Å². The summed E-state index contributed by atoms with van der Waals surface area (Å²) in [6, 6.07) is 31.0. The molecule has 0 N–H and O–H groups in total. The van der Waals surface area contributed by atoms with E-state index in [2.05, 4.69) is 111 Å². The van der Waals surface area contributed by atoms with Gasteiger partial charge in [0.2, 0.25) is 5.06 Å². The summed E-state index contributed by atoms with van der Waals surface area (Å²) >= 11 is 1.65. The second kappa shape index (κ2) is 9.84. The highest BCUT2D eigenvalue weighted by Crippen LogP contribution is 2.59. The molecule has 36 heavy (non-hydrogen) atoms. The summed E-state index contributed by atoms with van der Waals surface area (Å²) in [4.78, 5) is 2.24. The smallest absolute Gasteiger partial charge is 0.229 e. The number of nitrogens with zero attached hydrogens (tertiary/aromatic N) is 1. The van der Waals surface area contributed by atoms with Crippen LogP contribution in [0.3, 0.4) is 0 Å². The molecular formula is C30H35NO3SSi. The lowest BCUT2D eigenvalue weighted by molar-refractivity contribution is -0.132. The predicted octanol–water partition coefficient (Wildman–Crippen LogP) is 8.37. The van der Waals surface area contributed by atoms with Crippen LogP contribution >= 0.6 is 11.8 Å². The van der Waals surface area contributed by atoms with Gasteiger partial charge in [-0.2, -0.15) is 0 Å². The van der Waals surface area contributed by atoms with Crippen LogP contribution in [0.1, 0.15) is 56.1 Å². The molecule has 0 bridgehead atoms. The fourth-order valence-corrected chi connectivity index (χ4v) is 6.66. The third-order valence-corrected chi connectivity index (χ3v) is 13.0. The van der Waals surface area contributed by atoms with Gasteiger partial charge >= 0.3 is 0 Å². The molecule has 0 aliphatic carbocycles. The molecule has 2 heterocycles. The highest BCUT2D eigenvalue weighted by Gasteiger charge is 2.59. The molecule has 1 fully saturated rings. The SMILES string of the molecule is CC(C)(C)[Si](C)(C)OC(c1ccccc1)N1C=CSC12OC(c1ccccc1)OC2c1ccccc1. The predicted molar refractivity (Wildman–Crippen MR) is 149 cm³/mol. The zero-order chi connectivity index (χ0) is 25.4. The first-order valence-corrected chi connectivity index (χ1v) is 16.3. The standard InChI is InChI=1S/C30H35NO3SSi/c1-29(2,3)36(4,5)34-27(24-17-11-7-12-18-24)31-21-22-35-30(31)26(23-15-9-6-10-16-23)32-28(33-30)25-19-13-8-14-20-25/h6-22,26-28H,1-5H3. The Labute approximate surface area is 220 Å². The number of ether oxygens (including phenoxy) is 2. The van der Waals surface area contributed by atoms with Crippen molar-refractivity contribution in [2.75, 3.05) is 0 Å². The third kappa shape index (κ3) is 4.69. The van der Waals surface area contributed by atoms with Gasteiger partial charge in [0.15, 0.2) is 14.6 Å². The highest BCUT2D eigenvalue weighted by atomic mass is 32.2. The number of hydrogen-bond donors (Lipinski definition) is 0. The molecule has 5 rings (SSSR count). The van der Waals surface area contributed by atoms with Gasteiger partial charge in [0.25, 0.3) is 0 Å². The summed E-state index contributed by atoms with van der Waals surface area (Å²) in [5.74, 6) is 0. The van der Waals surface area contributed by atoms with Crippen LogP contribution in [0.2, 0.25) is 18.1 Å². The van der Waals surface area contributed by atoms with Crippen LogP contribution in [0.15, 0.2) is 103 Å². The Bertz CT molecular complexity index is 1180. The van der Waals surface area contributed by atoms with Crippen molar-refractivity contribution in [2.24, 2.45) is 0 Å². The molecule has 0 amide bonds. The summed E-state index contributed by atoms with van der Waals surface area (Å²) < 4.78 is 20.8. The molecule has 1 saturated heterocycles. The normalized spacial score (nSPS) is 25.0. The van der Waals surface area contributed by atoms with E-state index in [4.69, 9.17) is 13.9 Å². The Kier molecular flexibility index (Phi) is 6.92. The Morgan fingerprint density at radius 3 is 2.00 bits per heavy atom. The molecule has 4 atom stereocenters. The van der Waals surface area contributed by atoms with Crippen molar-refractivity contribution in [1.29, 1.82) is 0 Å². The van der Waals surface area contributed by atoms with Crippen LogP contribution in [0.4, 0.5) is 0 Å². The fourth-order valence-electron chi connectivity index (χ4n) is 4.37. The Hall–Kier alpha value is -2.35. The largest absolute Gasteiger partial charge is 0.393 e. The summed E-state index contributed by atoms with van der Waals surface area (Å²) in [6.07, 6.45) is 0.985. The van der Waals surface area contributed by atoms with E-state index in [0.29, 0.717) is 0 Å². The maximum atomic E-state index is 7.15. The van der Waals surface area contributed by atoms with E-state index in [1.807, 2.05) is 30.3 Å². The van der Waals surface area contributed by atoms with Crippen LogP contribution < -0.4 is 0 Å². The van der Waals surface area contributed by atoms with Gasteiger partial charge in [0.05, 0.1) is 0 Å². The molecule has 3 aromatic carbocycles. The van der Waals surface area contributed by atoms with Crippen molar-refractivity contribution in [3.63, 3.8) is 0 Å². The lowest BCUT2D eigenvalue weighted by atomic mass is 10.1. The van der Waals surface area contributed by atoms with Gasteiger partial charge in [0.1, 0.15) is 12.3 Å². The average Bonchev–Trinajstić information content (AvgIpc) is 3.48. The number of thioether (sulfide) groups is 1. The summed E-state index contributed by atoms with van der Waals surface area (Å²) in [7, 11) is -2.15. The topological polar surface area (TPSA) is 30.9 Å². The van der Waals surface area contributed by atoms with E-state index in [-0.39, 0.29) is 17.4 Å². The molecule has 0 saturated carbocycles. The Morgan fingerprint density at radius 1 is 0.861 bits per heavy atom. The molecule has 4 nitrogen and oxygen atoms in total. The number of rotatable bonds is 6. The lowest BCUT2D eigenvalue weighted by Crippen LogP contribution is -2.51. The van der Waals surface area contributed by atoms with Gasteiger partial charge in [0, 0.05) is 17.3 Å². The number of benzene rings is 3. The monoisotopic (exact) mass is 517 g/mol. The van der Waals surface area contributed by atoms with Crippen molar-refractivity contribution in [1.82, 2.24) is 4.90 Å². The van der Waals surface area contributed by atoms with Gasteiger partial charge in [-0.1, -0.05) is 124 Å². The van der Waals surface area contributed by atoms with E-state index >= 15 is 0 Å². The summed E-state index contributed by atoms with van der Waals surface area (Å²) in [5, 5.41) is 1.35. The van der Waals surface area contributed by atoms with Gasteiger partial charge in [-0.25, -0.2) is 0 Å². The van der Waals surface area contributed by atoms with E-state index in [9.17, 15) is 0 Å². The summed E-state index contributed by atoms with van der Waals surface area (Å²) in [5.41, 5.74) is 3.19. The zero-order valence-corrected chi connectivity index (χ0v) is 23.4. The van der Waals surface area contributed by atoms with E-state index < -0.39 is 19.7 Å². The minimum absolute atomic E-state index is 0.0578. The van der Waals surface area contributed by atoms with Gasteiger partial charge in [-0.15, -0.1) is 0 Å². The van der Waals surface area contributed by atoms with Crippen molar-refractivity contribution in [3.8, 4) is 0 Å². The van der Waals surface area contributed by atoms with Crippen LogP contribution in [0.25, 0.3) is 0 Å². The van der Waals surface area contributed by atoms with E-state index in [1.54, 1.807) is 11.8 Å². The quantitative estimate of drug-likeness (QED) is 0.307. The molecule has 3 aromatic rings. The fraction of sp³-hybridized carbons (Fsp3) is 0.333. The molecule has 1 spiro atoms. The first-order valence-electron chi connectivity index (χ1n) is 12.5. The Morgan fingerprint density at radius 2 is 1.42 bits per heavy atom. The Balaban J connectivity index is 1.60. The first kappa shape index (κ1) is 25.3. The van der Waals surface area contributed by atoms with Crippen LogP contribution in [0.5, 0.6) is 0 Å². The second-order valence-corrected chi connectivity index (χ2v) is 16.7. The van der Waals surface area contributed by atoms with Crippen molar-refractivity contribution in [2.45, 2.75) is 62.6 Å². The minimum atomic E-state index is -2.15. The molecule has 6 heteroatoms. The van der Waals surface area contributed by atoms with Crippen LogP contribution in [-0.4, -0.2) is 18.3 Å². The van der Waals surface area contributed by atoms with E-state index in [0.717, 1.165) is 16.7 Å². The first-order chi connectivity index (χ1) is 17.2. The van der Waals surface area contributed by atoms with Gasteiger partial charge in [-0.3, -0.25) is 0 Å². The molecule has 0 aromatic heterocycles. The van der Waals surface area contributed by atoms with Gasteiger partial charge < -0.3 is 18.8 Å². The maximum Gasteiger partial charge on any atom is 0.229 e. The van der Waals surface area contributed by atoms with Crippen molar-refractivity contribution >= 4 is 20.1 Å². The average molecular weight is 518 g/mol. The molecule has 188 valence electrons. The number of hydrogen-bond acceptors (Lipinski definition) is 5. The second-order valence-electron chi connectivity index (χ2n) is 10.9. The van der Waals surface area contributed by atoms with Crippen LogP contribution in [-0.2, 0) is 13.9 Å². The highest BCUT2D eigenvalue weighted by molar-refractivity contribution is 8.03. The van der Waals surface area contributed by atoms with Gasteiger partial charge in [-0.05, 0) is 29.1 Å². The lowest BCUT2D eigenvalue weighted by Gasteiger charge is -2.46. The molecular weight excluding hydrogens is 482 g/mol. The zero-order valence-electron chi connectivity index (χ0n) is 21.6. The molecule has 4 unspecified atom stereocenters. The molecule has 0 radical (unpaired) electrons. The molecule has 2 aliphatic heterocycles. The minimum Gasteiger partial charge on any atom is -0.393 e. The van der Waals surface area contributed by atoms with Crippen molar-refractivity contribution in [3.05, 3.63) is 119 Å². The summed E-state index contributed by atoms with van der Waals surface area (Å²) in [6.45, 7) is 11.4. The molecule has 2 aliphatic rings.